The Morgan fingerprint density at radius 1 is 1.10 bits per heavy atom. The third kappa shape index (κ3) is 2.84. The number of benzene rings is 1. The van der Waals surface area contributed by atoms with Crippen molar-refractivity contribution in [1.82, 2.24) is 15.0 Å². The summed E-state index contributed by atoms with van der Waals surface area (Å²) in [6.07, 6.45) is 2.88. The van der Waals surface area contributed by atoms with Gasteiger partial charge in [-0.3, -0.25) is 4.98 Å². The van der Waals surface area contributed by atoms with Crippen molar-refractivity contribution >= 4 is 16.7 Å². The Kier molecular flexibility index (Phi) is 3.77. The zero-order chi connectivity index (χ0) is 14.7. The molecule has 4 nitrogen and oxygen atoms in total. The molecule has 0 saturated heterocycles. The molecule has 0 fully saturated rings. The van der Waals surface area contributed by atoms with Crippen molar-refractivity contribution in [1.29, 1.82) is 0 Å². The Hall–Kier alpha value is -2.49. The maximum Gasteiger partial charge on any atom is 0.130 e. The van der Waals surface area contributed by atoms with Gasteiger partial charge in [-0.2, -0.15) is 0 Å². The van der Waals surface area contributed by atoms with Crippen LogP contribution in [0, 0.1) is 6.92 Å². The summed E-state index contributed by atoms with van der Waals surface area (Å²) < 4.78 is 0. The molecule has 0 saturated carbocycles. The number of anilines is 1. The molecular formula is C17H18N4. The van der Waals surface area contributed by atoms with Crippen LogP contribution >= 0.6 is 0 Å². The minimum absolute atomic E-state index is 0.763. The predicted molar refractivity (Wildman–Crippen MR) is 86.3 cm³/mol. The van der Waals surface area contributed by atoms with Crippen molar-refractivity contribution in [2.45, 2.75) is 20.3 Å². The summed E-state index contributed by atoms with van der Waals surface area (Å²) in [7, 11) is 0. The highest BCUT2D eigenvalue weighted by atomic mass is 15.0. The Morgan fingerprint density at radius 2 is 1.95 bits per heavy atom. The molecule has 0 radical (unpaired) electrons. The molecule has 3 rings (SSSR count). The Morgan fingerprint density at radius 3 is 2.81 bits per heavy atom. The molecule has 21 heavy (non-hydrogen) atoms. The van der Waals surface area contributed by atoms with Crippen LogP contribution in [-0.4, -0.2) is 21.5 Å². The molecule has 0 bridgehead atoms. The number of fused-ring (bicyclic) bond motifs is 1. The van der Waals surface area contributed by atoms with Gasteiger partial charge in [0, 0.05) is 29.8 Å². The molecule has 0 amide bonds. The summed E-state index contributed by atoms with van der Waals surface area (Å²) in [6, 6.07) is 12.2. The summed E-state index contributed by atoms with van der Waals surface area (Å²) in [4.78, 5) is 13.5. The maximum atomic E-state index is 4.57. The van der Waals surface area contributed by atoms with Crippen LogP contribution in [-0.2, 0) is 0 Å². The van der Waals surface area contributed by atoms with Crippen LogP contribution in [0.2, 0.25) is 0 Å². The van der Waals surface area contributed by atoms with E-state index < -0.39 is 0 Å². The third-order valence-electron chi connectivity index (χ3n) is 3.30. The molecule has 1 aromatic carbocycles. The van der Waals surface area contributed by atoms with Crippen LogP contribution < -0.4 is 5.32 Å². The molecule has 0 aliphatic heterocycles. The van der Waals surface area contributed by atoms with Crippen molar-refractivity contribution < 1.29 is 0 Å². The van der Waals surface area contributed by atoms with E-state index in [1.54, 1.807) is 0 Å². The zero-order valence-electron chi connectivity index (χ0n) is 12.3. The number of nitrogens with zero attached hydrogens (tertiary/aromatic N) is 3. The highest BCUT2D eigenvalue weighted by Gasteiger charge is 2.08. The molecule has 2 heterocycles. The smallest absolute Gasteiger partial charge is 0.130 e. The van der Waals surface area contributed by atoms with E-state index in [0.717, 1.165) is 46.8 Å². The van der Waals surface area contributed by atoms with E-state index in [1.807, 2.05) is 31.3 Å². The van der Waals surface area contributed by atoms with Crippen molar-refractivity contribution in [3.63, 3.8) is 0 Å². The van der Waals surface area contributed by atoms with Gasteiger partial charge in [-0.1, -0.05) is 31.2 Å². The van der Waals surface area contributed by atoms with Gasteiger partial charge in [-0.15, -0.1) is 0 Å². The second kappa shape index (κ2) is 5.87. The van der Waals surface area contributed by atoms with Crippen molar-refractivity contribution in [2.24, 2.45) is 0 Å². The van der Waals surface area contributed by atoms with Gasteiger partial charge in [0.05, 0.1) is 11.2 Å². The Bertz CT molecular complexity index is 762. The molecule has 0 atom stereocenters. The quantitative estimate of drug-likeness (QED) is 0.788. The Balaban J connectivity index is 2.12. The van der Waals surface area contributed by atoms with Crippen molar-refractivity contribution in [2.75, 3.05) is 11.9 Å². The summed E-state index contributed by atoms with van der Waals surface area (Å²) in [5, 5.41) is 4.44. The van der Waals surface area contributed by atoms with Gasteiger partial charge in [0.2, 0.25) is 0 Å². The summed E-state index contributed by atoms with van der Waals surface area (Å²) >= 11 is 0. The van der Waals surface area contributed by atoms with Crippen LogP contribution in [0.25, 0.3) is 22.2 Å². The van der Waals surface area contributed by atoms with Crippen LogP contribution in [0.15, 0.2) is 42.6 Å². The maximum absolute atomic E-state index is 4.57. The first kappa shape index (κ1) is 13.5. The summed E-state index contributed by atoms with van der Waals surface area (Å²) in [5.41, 5.74) is 2.92. The average Bonchev–Trinajstić information content (AvgIpc) is 2.52. The molecule has 0 aliphatic rings. The van der Waals surface area contributed by atoms with Gasteiger partial charge in [0.15, 0.2) is 0 Å². The summed E-state index contributed by atoms with van der Waals surface area (Å²) in [6.45, 7) is 4.96. The lowest BCUT2D eigenvalue weighted by atomic mass is 10.1. The van der Waals surface area contributed by atoms with Crippen LogP contribution in [0.5, 0.6) is 0 Å². The van der Waals surface area contributed by atoms with E-state index in [2.05, 4.69) is 45.4 Å². The fourth-order valence-corrected chi connectivity index (χ4v) is 2.36. The monoisotopic (exact) mass is 278 g/mol. The van der Waals surface area contributed by atoms with Crippen LogP contribution in [0.1, 0.15) is 19.2 Å². The highest BCUT2D eigenvalue weighted by molar-refractivity contribution is 5.92. The SMILES string of the molecule is CCCNc1cc(-c2cccc3cccnc23)nc(C)n1. The number of aryl methyl sites for hydroxylation is 1. The lowest BCUT2D eigenvalue weighted by Gasteiger charge is -2.09. The molecule has 0 aliphatic carbocycles. The molecular weight excluding hydrogens is 260 g/mol. The molecule has 0 unspecified atom stereocenters. The molecule has 106 valence electrons. The van der Waals surface area contributed by atoms with E-state index in [0.29, 0.717) is 0 Å². The molecule has 2 aromatic heterocycles. The van der Waals surface area contributed by atoms with Crippen LogP contribution in [0.3, 0.4) is 0 Å². The minimum atomic E-state index is 0.763. The van der Waals surface area contributed by atoms with Gasteiger partial charge >= 0.3 is 0 Å². The van der Waals surface area contributed by atoms with Crippen LogP contribution in [0.4, 0.5) is 5.82 Å². The number of para-hydroxylation sites is 1. The standard InChI is InChI=1S/C17H18N4/c1-3-9-18-16-11-15(20-12(2)21-16)14-8-4-6-13-7-5-10-19-17(13)14/h4-8,10-11H,3,9H2,1-2H3,(H,18,20,21). The van der Waals surface area contributed by atoms with E-state index in [-0.39, 0.29) is 0 Å². The lowest BCUT2D eigenvalue weighted by molar-refractivity contribution is 0.955. The van der Waals surface area contributed by atoms with Crippen molar-refractivity contribution in [3.8, 4) is 11.3 Å². The van der Waals surface area contributed by atoms with E-state index >= 15 is 0 Å². The number of nitrogens with one attached hydrogen (secondary N) is 1. The van der Waals surface area contributed by atoms with Crippen molar-refractivity contribution in [3.05, 3.63) is 48.4 Å². The average molecular weight is 278 g/mol. The number of pyridine rings is 1. The number of hydrogen-bond acceptors (Lipinski definition) is 4. The fourth-order valence-electron chi connectivity index (χ4n) is 2.36. The first-order chi connectivity index (χ1) is 10.3. The minimum Gasteiger partial charge on any atom is -0.370 e. The van der Waals surface area contributed by atoms with Gasteiger partial charge in [-0.25, -0.2) is 9.97 Å². The van der Waals surface area contributed by atoms with Gasteiger partial charge in [0.1, 0.15) is 11.6 Å². The third-order valence-corrected chi connectivity index (χ3v) is 3.30. The first-order valence-electron chi connectivity index (χ1n) is 7.21. The van der Waals surface area contributed by atoms with E-state index in [9.17, 15) is 0 Å². The fraction of sp³-hybridized carbons (Fsp3) is 0.235. The molecule has 4 heteroatoms. The topological polar surface area (TPSA) is 50.7 Å². The Labute approximate surface area is 124 Å². The first-order valence-corrected chi connectivity index (χ1v) is 7.21. The zero-order valence-corrected chi connectivity index (χ0v) is 12.3. The molecule has 1 N–H and O–H groups in total. The normalized spacial score (nSPS) is 10.8. The number of aromatic nitrogens is 3. The summed E-state index contributed by atoms with van der Waals surface area (Å²) in [5.74, 6) is 1.63. The number of hydrogen-bond donors (Lipinski definition) is 1. The second-order valence-corrected chi connectivity index (χ2v) is 4.99. The molecule has 0 spiro atoms. The largest absolute Gasteiger partial charge is 0.370 e. The van der Waals surface area contributed by atoms with E-state index in [1.165, 1.54) is 0 Å². The van der Waals surface area contributed by atoms with Gasteiger partial charge in [-0.05, 0) is 19.4 Å². The second-order valence-electron chi connectivity index (χ2n) is 4.99. The lowest BCUT2D eigenvalue weighted by Crippen LogP contribution is -2.04. The van der Waals surface area contributed by atoms with E-state index in [4.69, 9.17) is 0 Å². The van der Waals surface area contributed by atoms with Gasteiger partial charge in [0.25, 0.3) is 0 Å². The van der Waals surface area contributed by atoms with Gasteiger partial charge < -0.3 is 5.32 Å². The molecule has 3 aromatic rings. The number of rotatable bonds is 4. The predicted octanol–water partition coefficient (Wildman–Crippen LogP) is 3.82. The highest BCUT2D eigenvalue weighted by Crippen LogP contribution is 2.26.